The van der Waals surface area contributed by atoms with E-state index in [1.807, 2.05) is 26.0 Å². The minimum absolute atomic E-state index is 0.151. The van der Waals surface area contributed by atoms with Crippen molar-refractivity contribution in [1.82, 2.24) is 0 Å². The van der Waals surface area contributed by atoms with Crippen LogP contribution in [0.25, 0.3) is 0 Å². The SMILES string of the molecule is CC(C)Oc1cccc(NCC(C2CC2)C2CC2)c1N. The van der Waals surface area contributed by atoms with Gasteiger partial charge in [0.25, 0.3) is 0 Å². The van der Waals surface area contributed by atoms with Gasteiger partial charge in [-0.25, -0.2) is 0 Å². The molecule has 0 unspecified atom stereocenters. The summed E-state index contributed by atoms with van der Waals surface area (Å²) in [6.07, 6.45) is 5.85. The van der Waals surface area contributed by atoms with Crippen LogP contribution < -0.4 is 15.8 Å². The molecule has 0 heterocycles. The third-order valence-electron chi connectivity index (χ3n) is 4.41. The second kappa shape index (κ2) is 5.55. The third-order valence-corrected chi connectivity index (χ3v) is 4.41. The van der Waals surface area contributed by atoms with Crippen molar-refractivity contribution in [3.05, 3.63) is 18.2 Å². The van der Waals surface area contributed by atoms with Crippen LogP contribution >= 0.6 is 0 Å². The quantitative estimate of drug-likeness (QED) is 0.741. The predicted molar refractivity (Wildman–Crippen MR) is 84.0 cm³/mol. The molecule has 110 valence electrons. The Labute approximate surface area is 121 Å². The Bertz CT molecular complexity index is 452. The fourth-order valence-electron chi connectivity index (χ4n) is 3.05. The zero-order valence-electron chi connectivity index (χ0n) is 12.6. The minimum atomic E-state index is 0.151. The summed E-state index contributed by atoms with van der Waals surface area (Å²) in [7, 11) is 0. The van der Waals surface area contributed by atoms with Crippen molar-refractivity contribution in [2.45, 2.75) is 45.6 Å². The highest BCUT2D eigenvalue weighted by Gasteiger charge is 2.41. The zero-order valence-corrected chi connectivity index (χ0v) is 12.6. The number of hydrogen-bond acceptors (Lipinski definition) is 3. The number of nitrogens with two attached hydrogens (primary N) is 1. The average molecular weight is 274 g/mol. The molecule has 0 atom stereocenters. The van der Waals surface area contributed by atoms with Gasteiger partial charge in [-0.3, -0.25) is 0 Å². The van der Waals surface area contributed by atoms with Gasteiger partial charge < -0.3 is 15.8 Å². The second-order valence-corrected chi connectivity index (χ2v) is 6.60. The number of benzene rings is 1. The van der Waals surface area contributed by atoms with Gasteiger partial charge in [0, 0.05) is 6.54 Å². The van der Waals surface area contributed by atoms with Crippen LogP contribution in [-0.4, -0.2) is 12.6 Å². The lowest BCUT2D eigenvalue weighted by atomic mass is 9.98. The number of hydrogen-bond donors (Lipinski definition) is 2. The molecule has 1 aromatic rings. The number of nitrogens with one attached hydrogen (secondary N) is 1. The van der Waals surface area contributed by atoms with Gasteiger partial charge >= 0.3 is 0 Å². The maximum atomic E-state index is 6.21. The van der Waals surface area contributed by atoms with Crippen molar-refractivity contribution in [3.8, 4) is 5.75 Å². The maximum absolute atomic E-state index is 6.21. The van der Waals surface area contributed by atoms with Crippen LogP contribution in [0.3, 0.4) is 0 Å². The topological polar surface area (TPSA) is 47.3 Å². The highest BCUT2D eigenvalue weighted by molar-refractivity contribution is 5.72. The summed E-state index contributed by atoms with van der Waals surface area (Å²) < 4.78 is 5.75. The summed E-state index contributed by atoms with van der Waals surface area (Å²) in [4.78, 5) is 0. The number of para-hydroxylation sites is 1. The van der Waals surface area contributed by atoms with E-state index in [1.54, 1.807) is 0 Å². The summed E-state index contributed by atoms with van der Waals surface area (Å²) in [5.41, 5.74) is 7.98. The molecule has 0 saturated heterocycles. The van der Waals surface area contributed by atoms with E-state index in [-0.39, 0.29) is 6.10 Å². The first-order valence-electron chi connectivity index (χ1n) is 7.94. The Kier molecular flexibility index (Phi) is 3.77. The largest absolute Gasteiger partial charge is 0.489 e. The average Bonchev–Trinajstić information content (AvgIpc) is 3.26. The molecule has 2 saturated carbocycles. The molecule has 1 aromatic carbocycles. The first kappa shape index (κ1) is 13.6. The summed E-state index contributed by atoms with van der Waals surface area (Å²) in [5, 5.41) is 3.56. The van der Waals surface area contributed by atoms with E-state index in [2.05, 4.69) is 11.4 Å². The lowest BCUT2D eigenvalue weighted by Crippen LogP contribution is -2.19. The van der Waals surface area contributed by atoms with Crippen molar-refractivity contribution in [3.63, 3.8) is 0 Å². The molecule has 0 amide bonds. The lowest BCUT2D eigenvalue weighted by Gasteiger charge is -2.19. The highest BCUT2D eigenvalue weighted by atomic mass is 16.5. The van der Waals surface area contributed by atoms with E-state index < -0.39 is 0 Å². The third kappa shape index (κ3) is 3.20. The van der Waals surface area contributed by atoms with Gasteiger partial charge in [0.05, 0.1) is 17.5 Å². The minimum Gasteiger partial charge on any atom is -0.489 e. The van der Waals surface area contributed by atoms with Crippen LogP contribution in [0.2, 0.25) is 0 Å². The number of ether oxygens (including phenoxy) is 1. The molecule has 3 rings (SSSR count). The molecule has 20 heavy (non-hydrogen) atoms. The Morgan fingerprint density at radius 3 is 2.40 bits per heavy atom. The van der Waals surface area contributed by atoms with E-state index in [1.165, 1.54) is 25.7 Å². The van der Waals surface area contributed by atoms with Crippen LogP contribution in [0.15, 0.2) is 18.2 Å². The van der Waals surface area contributed by atoms with Crippen LogP contribution in [-0.2, 0) is 0 Å². The molecule has 2 fully saturated rings. The predicted octanol–water partition coefficient (Wildman–Crippen LogP) is 3.90. The summed E-state index contributed by atoms with van der Waals surface area (Å²) in [5.74, 6) is 3.57. The van der Waals surface area contributed by atoms with Crippen LogP contribution in [0.5, 0.6) is 5.75 Å². The van der Waals surface area contributed by atoms with Gasteiger partial charge in [0.2, 0.25) is 0 Å². The van der Waals surface area contributed by atoms with Gasteiger partial charge in [-0.05, 0) is 69.4 Å². The molecular formula is C17H26N2O. The first-order valence-corrected chi connectivity index (χ1v) is 7.94. The monoisotopic (exact) mass is 274 g/mol. The zero-order chi connectivity index (χ0) is 14.1. The normalized spacial score (nSPS) is 18.6. The van der Waals surface area contributed by atoms with E-state index in [4.69, 9.17) is 10.5 Å². The Balaban J connectivity index is 1.64. The standard InChI is InChI=1S/C17H26N2O/c1-11(2)20-16-5-3-4-15(17(16)18)19-10-14(12-6-7-12)13-8-9-13/h3-5,11-14,19H,6-10,18H2,1-2H3. The number of rotatable bonds is 7. The lowest BCUT2D eigenvalue weighted by molar-refractivity contribution is 0.244. The van der Waals surface area contributed by atoms with Crippen molar-refractivity contribution in [2.75, 3.05) is 17.6 Å². The fraction of sp³-hybridized carbons (Fsp3) is 0.647. The van der Waals surface area contributed by atoms with Crippen molar-refractivity contribution >= 4 is 11.4 Å². The molecule has 0 spiro atoms. The van der Waals surface area contributed by atoms with Gasteiger partial charge in [-0.1, -0.05) is 6.07 Å². The first-order chi connectivity index (χ1) is 9.65. The van der Waals surface area contributed by atoms with Crippen LogP contribution in [0, 0.1) is 17.8 Å². The Morgan fingerprint density at radius 1 is 1.20 bits per heavy atom. The van der Waals surface area contributed by atoms with E-state index in [0.29, 0.717) is 0 Å². The highest BCUT2D eigenvalue weighted by Crippen LogP contribution is 2.49. The summed E-state index contributed by atoms with van der Waals surface area (Å²) in [6, 6.07) is 6.01. The van der Waals surface area contributed by atoms with E-state index in [9.17, 15) is 0 Å². The molecule has 0 radical (unpaired) electrons. The number of nitrogen functional groups attached to an aromatic ring is 1. The molecule has 3 nitrogen and oxygen atoms in total. The molecule has 3 heteroatoms. The van der Waals surface area contributed by atoms with Crippen molar-refractivity contribution in [1.29, 1.82) is 0 Å². The molecule has 0 bridgehead atoms. The molecule has 0 aromatic heterocycles. The van der Waals surface area contributed by atoms with Crippen LogP contribution in [0.1, 0.15) is 39.5 Å². The van der Waals surface area contributed by atoms with Gasteiger partial charge in [-0.15, -0.1) is 0 Å². The number of anilines is 2. The Hall–Kier alpha value is -1.38. The Morgan fingerprint density at radius 2 is 1.85 bits per heavy atom. The van der Waals surface area contributed by atoms with Crippen molar-refractivity contribution < 1.29 is 4.74 Å². The summed E-state index contributed by atoms with van der Waals surface area (Å²) in [6.45, 7) is 5.11. The van der Waals surface area contributed by atoms with Gasteiger partial charge in [0.1, 0.15) is 5.75 Å². The smallest absolute Gasteiger partial charge is 0.144 e. The maximum Gasteiger partial charge on any atom is 0.144 e. The molecule has 0 aliphatic heterocycles. The van der Waals surface area contributed by atoms with Gasteiger partial charge in [-0.2, -0.15) is 0 Å². The van der Waals surface area contributed by atoms with Crippen LogP contribution in [0.4, 0.5) is 11.4 Å². The summed E-state index contributed by atoms with van der Waals surface area (Å²) >= 11 is 0. The van der Waals surface area contributed by atoms with E-state index >= 15 is 0 Å². The molecule has 3 N–H and O–H groups in total. The van der Waals surface area contributed by atoms with E-state index in [0.717, 1.165) is 41.4 Å². The fourth-order valence-corrected chi connectivity index (χ4v) is 3.05. The van der Waals surface area contributed by atoms with Gasteiger partial charge in [0.15, 0.2) is 0 Å². The molecular weight excluding hydrogens is 248 g/mol. The molecule has 2 aliphatic carbocycles. The molecule has 2 aliphatic rings. The second-order valence-electron chi connectivity index (χ2n) is 6.60. The van der Waals surface area contributed by atoms with Crippen molar-refractivity contribution in [2.24, 2.45) is 17.8 Å².